The second kappa shape index (κ2) is 4.93. The Morgan fingerprint density at radius 3 is 2.38 bits per heavy atom. The lowest BCUT2D eigenvalue weighted by atomic mass is 10.0. The molecule has 4 nitrogen and oxygen atoms in total. The summed E-state index contributed by atoms with van der Waals surface area (Å²) in [7, 11) is -2.90. The van der Waals surface area contributed by atoms with Gasteiger partial charge in [-0.15, -0.1) is 0 Å². The molecule has 1 unspecified atom stereocenters. The van der Waals surface area contributed by atoms with E-state index in [-0.39, 0.29) is 18.1 Å². The third-order valence-electron chi connectivity index (χ3n) is 2.05. The number of nitrogens with two attached hydrogens (primary N) is 1. The van der Waals surface area contributed by atoms with Crippen molar-refractivity contribution in [2.45, 2.75) is 32.3 Å². The normalized spacial score (nSPS) is 16.9. The molecule has 0 aromatic rings. The fraction of sp³-hybridized carbons (Fsp3) is 1.00. The first-order valence-electron chi connectivity index (χ1n) is 4.46. The minimum Gasteiger partial charge on any atom is -0.389 e. The summed E-state index contributed by atoms with van der Waals surface area (Å²) in [6.45, 7) is 3.40. The molecule has 1 atom stereocenters. The molecular formula is C8H19NO3S. The summed E-state index contributed by atoms with van der Waals surface area (Å²) < 4.78 is 22.1. The predicted octanol–water partition coefficient (Wildman–Crippen LogP) is -0.0890. The van der Waals surface area contributed by atoms with Crippen LogP contribution in [0.25, 0.3) is 0 Å². The van der Waals surface area contributed by atoms with Gasteiger partial charge in [-0.2, -0.15) is 0 Å². The van der Waals surface area contributed by atoms with Crippen molar-refractivity contribution < 1.29 is 13.5 Å². The van der Waals surface area contributed by atoms with E-state index >= 15 is 0 Å². The minimum atomic E-state index is -2.90. The monoisotopic (exact) mass is 209 g/mol. The second-order valence-corrected chi connectivity index (χ2v) is 6.01. The van der Waals surface area contributed by atoms with Crippen LogP contribution in [0, 0.1) is 0 Å². The van der Waals surface area contributed by atoms with Gasteiger partial charge in [-0.05, 0) is 19.8 Å². The van der Waals surface area contributed by atoms with E-state index in [1.165, 1.54) is 0 Å². The van der Waals surface area contributed by atoms with Gasteiger partial charge in [0.2, 0.25) is 0 Å². The highest BCUT2D eigenvalue weighted by atomic mass is 32.2. The summed E-state index contributed by atoms with van der Waals surface area (Å²) in [5, 5.41) is 9.47. The van der Waals surface area contributed by atoms with E-state index < -0.39 is 15.4 Å². The van der Waals surface area contributed by atoms with Crippen LogP contribution in [0.1, 0.15) is 26.7 Å². The van der Waals surface area contributed by atoms with Gasteiger partial charge in [-0.3, -0.25) is 0 Å². The fourth-order valence-corrected chi connectivity index (χ4v) is 1.79. The van der Waals surface area contributed by atoms with Gasteiger partial charge in [0, 0.05) is 12.3 Å². The Labute approximate surface area is 80.1 Å². The molecule has 0 aliphatic heterocycles. The van der Waals surface area contributed by atoms with Crippen LogP contribution < -0.4 is 5.73 Å². The van der Waals surface area contributed by atoms with Crippen LogP contribution in [0.2, 0.25) is 0 Å². The molecule has 0 heterocycles. The molecule has 5 heteroatoms. The molecule has 0 saturated heterocycles. The highest BCUT2D eigenvalue weighted by Crippen LogP contribution is 2.10. The SMILES string of the molecule is CCS(=O)(=O)CCCC(C)(O)CN. The lowest BCUT2D eigenvalue weighted by Gasteiger charge is -2.20. The Morgan fingerprint density at radius 2 is 2.00 bits per heavy atom. The van der Waals surface area contributed by atoms with E-state index in [0.29, 0.717) is 12.8 Å². The van der Waals surface area contributed by atoms with Gasteiger partial charge in [-0.25, -0.2) is 8.42 Å². The van der Waals surface area contributed by atoms with Gasteiger partial charge in [0.15, 0.2) is 0 Å². The summed E-state index contributed by atoms with van der Waals surface area (Å²) in [5.41, 5.74) is 4.36. The largest absolute Gasteiger partial charge is 0.389 e. The standard InChI is InChI=1S/C8H19NO3S/c1-3-13(11,12)6-4-5-8(2,10)7-9/h10H,3-7,9H2,1-2H3. The first-order valence-corrected chi connectivity index (χ1v) is 6.28. The van der Waals surface area contributed by atoms with Crippen molar-refractivity contribution in [3.05, 3.63) is 0 Å². The van der Waals surface area contributed by atoms with Crippen molar-refractivity contribution in [3.63, 3.8) is 0 Å². The smallest absolute Gasteiger partial charge is 0.150 e. The zero-order valence-corrected chi connectivity index (χ0v) is 9.10. The first kappa shape index (κ1) is 12.9. The minimum absolute atomic E-state index is 0.139. The van der Waals surface area contributed by atoms with Crippen LogP contribution in [0.4, 0.5) is 0 Å². The molecule has 0 saturated carbocycles. The van der Waals surface area contributed by atoms with Crippen LogP contribution in [0.3, 0.4) is 0 Å². The third-order valence-corrected chi connectivity index (χ3v) is 3.84. The van der Waals surface area contributed by atoms with Crippen LogP contribution in [0.5, 0.6) is 0 Å². The number of aliphatic hydroxyl groups is 1. The summed E-state index contributed by atoms with van der Waals surface area (Å²) in [6.07, 6.45) is 0.906. The van der Waals surface area contributed by atoms with Crippen molar-refractivity contribution >= 4 is 9.84 Å². The van der Waals surface area contributed by atoms with Gasteiger partial charge in [-0.1, -0.05) is 6.92 Å². The molecule has 0 radical (unpaired) electrons. The molecule has 0 aliphatic rings. The van der Waals surface area contributed by atoms with Gasteiger partial charge < -0.3 is 10.8 Å². The average molecular weight is 209 g/mol. The maximum Gasteiger partial charge on any atom is 0.150 e. The quantitative estimate of drug-likeness (QED) is 0.640. The maximum absolute atomic E-state index is 11.1. The highest BCUT2D eigenvalue weighted by Gasteiger charge is 2.18. The Balaban J connectivity index is 3.81. The number of hydrogen-bond acceptors (Lipinski definition) is 4. The van der Waals surface area contributed by atoms with Gasteiger partial charge in [0.05, 0.1) is 11.4 Å². The lowest BCUT2D eigenvalue weighted by molar-refractivity contribution is 0.0595. The Bertz CT molecular complexity index is 234. The summed E-state index contributed by atoms with van der Waals surface area (Å²) >= 11 is 0. The Hall–Kier alpha value is -0.130. The molecule has 0 aliphatic carbocycles. The second-order valence-electron chi connectivity index (χ2n) is 3.54. The first-order chi connectivity index (χ1) is 5.83. The van der Waals surface area contributed by atoms with Crippen molar-refractivity contribution in [2.24, 2.45) is 5.73 Å². The molecule has 0 rings (SSSR count). The fourth-order valence-electron chi connectivity index (χ4n) is 0.919. The van der Waals surface area contributed by atoms with Gasteiger partial charge in [0.1, 0.15) is 9.84 Å². The molecule has 0 spiro atoms. The molecule has 80 valence electrons. The third kappa shape index (κ3) is 6.01. The van der Waals surface area contributed by atoms with E-state index in [4.69, 9.17) is 5.73 Å². The number of hydrogen-bond donors (Lipinski definition) is 2. The molecule has 0 aromatic carbocycles. The lowest BCUT2D eigenvalue weighted by Crippen LogP contribution is -2.34. The topological polar surface area (TPSA) is 80.4 Å². The molecule has 0 bridgehead atoms. The number of sulfone groups is 1. The zero-order valence-electron chi connectivity index (χ0n) is 8.28. The van der Waals surface area contributed by atoms with E-state index in [0.717, 1.165) is 0 Å². The molecule has 3 N–H and O–H groups in total. The molecular weight excluding hydrogens is 190 g/mol. The highest BCUT2D eigenvalue weighted by molar-refractivity contribution is 7.91. The van der Waals surface area contributed by atoms with Crippen molar-refractivity contribution in [3.8, 4) is 0 Å². The van der Waals surface area contributed by atoms with Crippen molar-refractivity contribution in [2.75, 3.05) is 18.1 Å². The zero-order chi connectivity index (χ0) is 10.5. The summed E-state index contributed by atoms with van der Waals surface area (Å²) in [4.78, 5) is 0. The summed E-state index contributed by atoms with van der Waals surface area (Å²) in [6, 6.07) is 0. The Kier molecular flexibility index (Phi) is 4.88. The number of rotatable bonds is 6. The van der Waals surface area contributed by atoms with Crippen molar-refractivity contribution in [1.82, 2.24) is 0 Å². The Morgan fingerprint density at radius 1 is 1.46 bits per heavy atom. The molecule has 0 amide bonds. The maximum atomic E-state index is 11.1. The van der Waals surface area contributed by atoms with Gasteiger partial charge in [0.25, 0.3) is 0 Å². The predicted molar refractivity (Wildman–Crippen MR) is 53.2 cm³/mol. The van der Waals surface area contributed by atoms with E-state index in [9.17, 15) is 13.5 Å². The molecule has 0 fully saturated rings. The van der Waals surface area contributed by atoms with Gasteiger partial charge >= 0.3 is 0 Å². The van der Waals surface area contributed by atoms with E-state index in [2.05, 4.69) is 0 Å². The van der Waals surface area contributed by atoms with Crippen LogP contribution in [-0.4, -0.2) is 37.2 Å². The average Bonchev–Trinajstić information content (AvgIpc) is 2.04. The molecule has 13 heavy (non-hydrogen) atoms. The summed E-state index contributed by atoms with van der Waals surface area (Å²) in [5.74, 6) is 0.303. The molecule has 0 aromatic heterocycles. The van der Waals surface area contributed by atoms with Crippen LogP contribution in [0.15, 0.2) is 0 Å². The van der Waals surface area contributed by atoms with Crippen molar-refractivity contribution in [1.29, 1.82) is 0 Å². The van der Waals surface area contributed by atoms with Crippen LogP contribution >= 0.6 is 0 Å². The van der Waals surface area contributed by atoms with E-state index in [1.807, 2.05) is 0 Å². The van der Waals surface area contributed by atoms with Crippen LogP contribution in [-0.2, 0) is 9.84 Å². The van der Waals surface area contributed by atoms with E-state index in [1.54, 1.807) is 13.8 Å².